The molecule has 0 aromatic heterocycles. The summed E-state index contributed by atoms with van der Waals surface area (Å²) in [4.78, 5) is 17.7. The Labute approximate surface area is 77.7 Å². The molecule has 0 bridgehead atoms. The highest BCUT2D eigenvalue weighted by atomic mass is 32.3. The Morgan fingerprint density at radius 3 is 1.93 bits per heavy atom. The van der Waals surface area contributed by atoms with Gasteiger partial charge in [-0.3, -0.25) is 24.8 Å². The molecule has 0 saturated heterocycles. The van der Waals surface area contributed by atoms with Gasteiger partial charge in [0.25, 0.3) is 0 Å². The molecular formula is C3H6N2O8S. The van der Waals surface area contributed by atoms with Crippen LogP contribution in [0.15, 0.2) is 0 Å². The van der Waals surface area contributed by atoms with E-state index >= 15 is 0 Å². The van der Waals surface area contributed by atoms with Crippen molar-refractivity contribution in [3.05, 3.63) is 20.2 Å². The largest absolute Gasteiger partial charge is 0.479 e. The molecule has 0 heterocycles. The van der Waals surface area contributed by atoms with Crippen molar-refractivity contribution in [2.75, 3.05) is 6.61 Å². The SMILES string of the molecule is CC(COS(=O)(=O)O)([N+](=O)[O-])[N+](=O)[O-]. The highest BCUT2D eigenvalue weighted by Crippen LogP contribution is 2.11. The van der Waals surface area contributed by atoms with Crippen molar-refractivity contribution in [1.29, 1.82) is 0 Å². The van der Waals surface area contributed by atoms with Gasteiger partial charge in [-0.05, 0) is 0 Å². The van der Waals surface area contributed by atoms with Crippen LogP contribution >= 0.6 is 0 Å². The summed E-state index contributed by atoms with van der Waals surface area (Å²) in [5.41, 5.74) is -2.81. The minimum Gasteiger partial charge on any atom is -0.264 e. The molecule has 0 rings (SSSR count). The lowest BCUT2D eigenvalue weighted by molar-refractivity contribution is -0.792. The molecule has 14 heavy (non-hydrogen) atoms. The molecule has 0 unspecified atom stereocenters. The molecule has 0 aliphatic rings. The van der Waals surface area contributed by atoms with Gasteiger partial charge in [-0.2, -0.15) is 8.42 Å². The van der Waals surface area contributed by atoms with Gasteiger partial charge < -0.3 is 0 Å². The fourth-order valence-corrected chi connectivity index (χ4v) is 0.730. The van der Waals surface area contributed by atoms with E-state index in [1.165, 1.54) is 0 Å². The van der Waals surface area contributed by atoms with Gasteiger partial charge in [-0.25, -0.2) is 4.18 Å². The van der Waals surface area contributed by atoms with Crippen LogP contribution in [0.25, 0.3) is 0 Å². The third kappa shape index (κ3) is 3.20. The molecule has 11 heteroatoms. The highest BCUT2D eigenvalue weighted by molar-refractivity contribution is 7.80. The first kappa shape index (κ1) is 12.7. The van der Waals surface area contributed by atoms with Crippen LogP contribution in [0.3, 0.4) is 0 Å². The van der Waals surface area contributed by atoms with E-state index in [0.29, 0.717) is 6.92 Å². The smallest absolute Gasteiger partial charge is 0.264 e. The second kappa shape index (κ2) is 3.81. The first-order valence-electron chi connectivity index (χ1n) is 3.00. The van der Waals surface area contributed by atoms with Crippen molar-refractivity contribution < 1.29 is 27.0 Å². The summed E-state index contributed by atoms with van der Waals surface area (Å²) >= 11 is 0. The summed E-state index contributed by atoms with van der Waals surface area (Å²) in [5.74, 6) is 0. The Bertz CT molecular complexity index is 332. The molecule has 0 saturated carbocycles. The second-order valence-electron chi connectivity index (χ2n) is 2.42. The zero-order valence-corrected chi connectivity index (χ0v) is 7.63. The van der Waals surface area contributed by atoms with E-state index in [-0.39, 0.29) is 0 Å². The summed E-state index contributed by atoms with van der Waals surface area (Å²) in [7, 11) is -4.93. The molecule has 1 N–H and O–H groups in total. The van der Waals surface area contributed by atoms with Gasteiger partial charge in [0.1, 0.15) is 9.85 Å². The van der Waals surface area contributed by atoms with Gasteiger partial charge >= 0.3 is 16.1 Å². The molecule has 0 aliphatic carbocycles. The summed E-state index contributed by atoms with van der Waals surface area (Å²) in [5, 5.41) is 20.4. The normalized spacial score (nSPS) is 12.4. The summed E-state index contributed by atoms with van der Waals surface area (Å²) in [6.07, 6.45) is 0. The van der Waals surface area contributed by atoms with Crippen LogP contribution in [0.2, 0.25) is 0 Å². The zero-order chi connectivity index (χ0) is 11.6. The van der Waals surface area contributed by atoms with E-state index in [4.69, 9.17) is 4.55 Å². The van der Waals surface area contributed by atoms with Crippen molar-refractivity contribution in [3.8, 4) is 0 Å². The molecule has 0 fully saturated rings. The van der Waals surface area contributed by atoms with E-state index in [9.17, 15) is 28.6 Å². The maximum Gasteiger partial charge on any atom is 0.479 e. The number of hydrogen-bond acceptors (Lipinski definition) is 7. The predicted octanol–water partition coefficient (Wildman–Crippen LogP) is -0.925. The molecule has 0 aromatic carbocycles. The molecule has 0 atom stereocenters. The van der Waals surface area contributed by atoms with Gasteiger partial charge in [-0.15, -0.1) is 0 Å². The number of hydrogen-bond donors (Lipinski definition) is 1. The fraction of sp³-hybridized carbons (Fsp3) is 1.00. The van der Waals surface area contributed by atoms with Crippen LogP contribution in [-0.2, 0) is 14.6 Å². The minimum atomic E-state index is -4.93. The van der Waals surface area contributed by atoms with Crippen LogP contribution in [0.5, 0.6) is 0 Å². The minimum absolute atomic E-state index is 0.554. The van der Waals surface area contributed by atoms with Crippen LogP contribution in [0, 0.1) is 20.2 Å². The standard InChI is InChI=1S/C3H6N2O8S/c1-3(4(6)7,5(8)9)2-13-14(10,11)12/h2H2,1H3,(H,10,11,12). The molecule has 0 aromatic rings. The maximum absolute atomic E-state index is 10.2. The van der Waals surface area contributed by atoms with Crippen LogP contribution in [0.1, 0.15) is 6.92 Å². The van der Waals surface area contributed by atoms with E-state index in [0.717, 1.165) is 0 Å². The molecule has 0 aliphatic heterocycles. The van der Waals surface area contributed by atoms with Crippen molar-refractivity contribution in [1.82, 2.24) is 0 Å². The van der Waals surface area contributed by atoms with E-state index in [1.54, 1.807) is 0 Å². The maximum atomic E-state index is 10.2. The van der Waals surface area contributed by atoms with Crippen molar-refractivity contribution in [2.45, 2.75) is 12.6 Å². The van der Waals surface area contributed by atoms with Gasteiger partial charge in [0, 0.05) is 0 Å². The Morgan fingerprint density at radius 1 is 1.36 bits per heavy atom. The molecule has 0 spiro atoms. The number of rotatable bonds is 5. The third-order valence-electron chi connectivity index (χ3n) is 1.27. The Kier molecular flexibility index (Phi) is 3.45. The topological polar surface area (TPSA) is 150 Å². The van der Waals surface area contributed by atoms with Crippen molar-refractivity contribution >= 4 is 10.4 Å². The quantitative estimate of drug-likeness (QED) is 0.275. The average molecular weight is 230 g/mol. The Balaban J connectivity index is 4.73. The Hall–Kier alpha value is -1.33. The van der Waals surface area contributed by atoms with Crippen LogP contribution < -0.4 is 0 Å². The Morgan fingerprint density at radius 2 is 1.71 bits per heavy atom. The van der Waals surface area contributed by atoms with E-state index in [2.05, 4.69) is 4.18 Å². The van der Waals surface area contributed by atoms with Gasteiger partial charge in [0.15, 0.2) is 0 Å². The summed E-state index contributed by atoms with van der Waals surface area (Å²) in [6, 6.07) is 0. The summed E-state index contributed by atoms with van der Waals surface area (Å²) < 4.78 is 31.6. The van der Waals surface area contributed by atoms with Crippen LogP contribution in [-0.4, -0.2) is 35.1 Å². The molecule has 0 radical (unpaired) electrons. The molecule has 0 amide bonds. The first-order chi connectivity index (χ1) is 6.09. The zero-order valence-electron chi connectivity index (χ0n) is 6.81. The molecule has 10 nitrogen and oxygen atoms in total. The highest BCUT2D eigenvalue weighted by Gasteiger charge is 2.52. The van der Waals surface area contributed by atoms with Gasteiger partial charge in [0.2, 0.25) is 6.61 Å². The van der Waals surface area contributed by atoms with Crippen LogP contribution in [0.4, 0.5) is 0 Å². The van der Waals surface area contributed by atoms with Crippen molar-refractivity contribution in [2.24, 2.45) is 0 Å². The third-order valence-corrected chi connectivity index (χ3v) is 1.68. The summed E-state index contributed by atoms with van der Waals surface area (Å²) in [6.45, 7) is -0.829. The lowest BCUT2D eigenvalue weighted by Crippen LogP contribution is -2.47. The second-order valence-corrected chi connectivity index (χ2v) is 3.51. The molecule has 82 valence electrons. The lowest BCUT2D eigenvalue weighted by atomic mass is 10.2. The fourth-order valence-electron chi connectivity index (χ4n) is 0.358. The van der Waals surface area contributed by atoms with Gasteiger partial charge in [0.05, 0.1) is 6.92 Å². The number of nitrogens with zero attached hydrogens (tertiary/aromatic N) is 2. The van der Waals surface area contributed by atoms with Crippen molar-refractivity contribution in [3.63, 3.8) is 0 Å². The van der Waals surface area contributed by atoms with E-state index in [1.807, 2.05) is 0 Å². The monoisotopic (exact) mass is 230 g/mol. The molecular weight excluding hydrogens is 224 g/mol. The predicted molar refractivity (Wildman–Crippen MR) is 39.9 cm³/mol. The first-order valence-corrected chi connectivity index (χ1v) is 4.37. The number of nitro groups is 2. The van der Waals surface area contributed by atoms with E-state index < -0.39 is 32.5 Å². The lowest BCUT2D eigenvalue weighted by Gasteiger charge is -2.10. The van der Waals surface area contributed by atoms with Gasteiger partial charge in [-0.1, -0.05) is 0 Å². The average Bonchev–Trinajstić information content (AvgIpc) is 1.97.